The fraction of sp³-hybridized carbons (Fsp3) is 0.643. The monoisotopic (exact) mass is 544 g/mol. The summed E-state index contributed by atoms with van der Waals surface area (Å²) >= 11 is 0. The molecule has 11 heteroatoms. The van der Waals surface area contributed by atoms with Crippen molar-refractivity contribution in [2.45, 2.75) is 57.9 Å². The SMILES string of the molecule is CCCON(CCC)C(=O)CN1CC(c2ccc3c(c2)CCO3)C(C(=O)O)C1CCN1CCC(=O)N(C)C1=O. The molecule has 0 bridgehead atoms. The smallest absolute Gasteiger partial charge is 0.326 e. The summed E-state index contributed by atoms with van der Waals surface area (Å²) in [5, 5.41) is 11.8. The molecule has 214 valence electrons. The van der Waals surface area contributed by atoms with Crippen molar-refractivity contribution in [3.63, 3.8) is 0 Å². The topological polar surface area (TPSA) is 120 Å². The van der Waals surface area contributed by atoms with Gasteiger partial charge in [0.1, 0.15) is 5.75 Å². The van der Waals surface area contributed by atoms with E-state index in [9.17, 15) is 24.3 Å². The fourth-order valence-electron chi connectivity index (χ4n) is 5.85. The quantitative estimate of drug-likeness (QED) is 0.398. The van der Waals surface area contributed by atoms with Crippen molar-refractivity contribution < 1.29 is 33.9 Å². The van der Waals surface area contributed by atoms with Crippen LogP contribution in [0.2, 0.25) is 0 Å². The molecule has 1 aromatic carbocycles. The van der Waals surface area contributed by atoms with E-state index in [-0.39, 0.29) is 36.7 Å². The molecule has 0 aliphatic carbocycles. The maximum atomic E-state index is 13.3. The minimum Gasteiger partial charge on any atom is -0.493 e. The Morgan fingerprint density at radius 3 is 2.69 bits per heavy atom. The predicted molar refractivity (Wildman–Crippen MR) is 142 cm³/mol. The van der Waals surface area contributed by atoms with Crippen LogP contribution in [-0.4, -0.2) is 108 Å². The van der Waals surface area contributed by atoms with Gasteiger partial charge >= 0.3 is 12.0 Å². The summed E-state index contributed by atoms with van der Waals surface area (Å²) < 4.78 is 5.64. The van der Waals surface area contributed by atoms with Gasteiger partial charge in [0.25, 0.3) is 5.91 Å². The van der Waals surface area contributed by atoms with Crippen molar-refractivity contribution in [3.8, 4) is 5.75 Å². The number of fused-ring (bicyclic) bond motifs is 1. The Morgan fingerprint density at radius 1 is 1.18 bits per heavy atom. The maximum Gasteiger partial charge on any atom is 0.326 e. The molecule has 39 heavy (non-hydrogen) atoms. The molecule has 4 amide bonds. The zero-order valence-corrected chi connectivity index (χ0v) is 23.1. The molecule has 0 saturated carbocycles. The van der Waals surface area contributed by atoms with Crippen molar-refractivity contribution in [3.05, 3.63) is 29.3 Å². The number of imide groups is 1. The Morgan fingerprint density at radius 2 is 1.97 bits per heavy atom. The molecule has 2 saturated heterocycles. The highest BCUT2D eigenvalue weighted by molar-refractivity contribution is 5.96. The van der Waals surface area contributed by atoms with Gasteiger partial charge in [0.2, 0.25) is 5.91 Å². The fourth-order valence-corrected chi connectivity index (χ4v) is 5.85. The van der Waals surface area contributed by atoms with Gasteiger partial charge in [-0.05, 0) is 36.5 Å². The summed E-state index contributed by atoms with van der Waals surface area (Å²) in [7, 11) is 1.46. The largest absolute Gasteiger partial charge is 0.493 e. The van der Waals surface area contributed by atoms with Crippen LogP contribution in [0.25, 0.3) is 0 Å². The first-order valence-electron chi connectivity index (χ1n) is 14.0. The number of carbonyl (C=O) groups excluding carboxylic acids is 3. The van der Waals surface area contributed by atoms with Crippen LogP contribution in [0, 0.1) is 5.92 Å². The molecular weight excluding hydrogens is 504 g/mol. The highest BCUT2D eigenvalue weighted by Crippen LogP contribution is 2.41. The first kappa shape index (κ1) is 28.8. The Balaban J connectivity index is 1.58. The minimum atomic E-state index is -0.929. The molecule has 2 fully saturated rings. The van der Waals surface area contributed by atoms with Gasteiger partial charge in [0.05, 0.1) is 25.7 Å². The molecular formula is C28H40N4O7. The van der Waals surface area contributed by atoms with Gasteiger partial charge < -0.3 is 14.7 Å². The maximum absolute atomic E-state index is 13.3. The number of amides is 4. The van der Waals surface area contributed by atoms with Crippen LogP contribution < -0.4 is 4.74 Å². The van der Waals surface area contributed by atoms with Crippen molar-refractivity contribution in [2.24, 2.45) is 5.92 Å². The van der Waals surface area contributed by atoms with Gasteiger partial charge in [-0.1, -0.05) is 26.0 Å². The lowest BCUT2D eigenvalue weighted by molar-refractivity contribution is -0.188. The standard InChI is InChI=1S/C28H40N4O7/c1-4-11-32(39-14-5-2)25(34)18-31-17-21(19-6-7-23-20(16-19)10-15-38-23)26(27(35)36)22(31)8-12-30-13-9-24(33)29(3)28(30)37/h6-7,16,21-22,26H,4-5,8-15,17-18H2,1-3H3,(H,35,36). The van der Waals surface area contributed by atoms with Crippen LogP contribution in [0.5, 0.6) is 5.75 Å². The number of hydrogen-bond acceptors (Lipinski definition) is 7. The Kier molecular flexibility index (Phi) is 9.45. The van der Waals surface area contributed by atoms with E-state index < -0.39 is 17.9 Å². The summed E-state index contributed by atoms with van der Waals surface area (Å²) in [5.74, 6) is -1.63. The number of likely N-dealkylation sites (tertiary alicyclic amines) is 1. The Hall–Kier alpha value is -3.18. The predicted octanol–water partition coefficient (Wildman–Crippen LogP) is 2.34. The third kappa shape index (κ3) is 6.36. The number of aliphatic carboxylic acids is 1. The highest BCUT2D eigenvalue weighted by atomic mass is 16.7. The molecule has 0 spiro atoms. The summed E-state index contributed by atoms with van der Waals surface area (Å²) in [6.07, 6.45) is 2.89. The van der Waals surface area contributed by atoms with E-state index in [0.717, 1.165) is 41.0 Å². The average molecular weight is 545 g/mol. The van der Waals surface area contributed by atoms with E-state index in [4.69, 9.17) is 9.57 Å². The van der Waals surface area contributed by atoms with Crippen LogP contribution in [0.4, 0.5) is 4.79 Å². The second-order valence-electron chi connectivity index (χ2n) is 10.5. The lowest BCUT2D eigenvalue weighted by Gasteiger charge is -2.34. The molecule has 3 aliphatic rings. The summed E-state index contributed by atoms with van der Waals surface area (Å²) in [6, 6.07) is 5.01. The summed E-state index contributed by atoms with van der Waals surface area (Å²) in [5.41, 5.74) is 1.98. The zero-order valence-electron chi connectivity index (χ0n) is 23.1. The van der Waals surface area contributed by atoms with E-state index >= 15 is 0 Å². The first-order chi connectivity index (χ1) is 18.7. The lowest BCUT2D eigenvalue weighted by Crippen LogP contribution is -2.52. The van der Waals surface area contributed by atoms with Gasteiger partial charge in [0, 0.05) is 58.0 Å². The second-order valence-corrected chi connectivity index (χ2v) is 10.5. The number of carboxylic acids is 1. The van der Waals surface area contributed by atoms with Crippen LogP contribution in [0.15, 0.2) is 18.2 Å². The number of urea groups is 1. The summed E-state index contributed by atoms with van der Waals surface area (Å²) in [6.45, 7) is 6.46. The third-order valence-electron chi connectivity index (χ3n) is 7.89. The van der Waals surface area contributed by atoms with E-state index in [0.29, 0.717) is 45.8 Å². The molecule has 0 radical (unpaired) electrons. The van der Waals surface area contributed by atoms with Crippen molar-refractivity contribution >= 4 is 23.8 Å². The number of carbonyl (C=O) groups is 4. The number of nitrogens with zero attached hydrogens (tertiary/aromatic N) is 4. The zero-order chi connectivity index (χ0) is 28.1. The third-order valence-corrected chi connectivity index (χ3v) is 7.89. The lowest BCUT2D eigenvalue weighted by atomic mass is 9.83. The number of ether oxygens (including phenoxy) is 1. The van der Waals surface area contributed by atoms with E-state index in [1.807, 2.05) is 36.9 Å². The van der Waals surface area contributed by atoms with Crippen molar-refractivity contribution in [1.29, 1.82) is 0 Å². The van der Waals surface area contributed by atoms with E-state index in [1.165, 1.54) is 12.1 Å². The van der Waals surface area contributed by atoms with Crippen LogP contribution in [0.3, 0.4) is 0 Å². The highest BCUT2D eigenvalue weighted by Gasteiger charge is 2.47. The minimum absolute atomic E-state index is 0.0229. The van der Waals surface area contributed by atoms with Crippen molar-refractivity contribution in [1.82, 2.24) is 19.8 Å². The van der Waals surface area contributed by atoms with Gasteiger partial charge in [0.15, 0.2) is 0 Å². The molecule has 1 aromatic rings. The second kappa shape index (κ2) is 12.8. The number of carboxylic acid groups (broad SMARTS) is 1. The van der Waals surface area contributed by atoms with E-state index in [1.54, 1.807) is 4.90 Å². The van der Waals surface area contributed by atoms with Crippen LogP contribution >= 0.6 is 0 Å². The molecule has 0 aromatic heterocycles. The first-order valence-corrected chi connectivity index (χ1v) is 14.0. The Labute approximate surface area is 229 Å². The van der Waals surface area contributed by atoms with Gasteiger partial charge in [-0.15, -0.1) is 0 Å². The van der Waals surface area contributed by atoms with Crippen molar-refractivity contribution in [2.75, 3.05) is 53.0 Å². The van der Waals surface area contributed by atoms with Gasteiger partial charge in [-0.25, -0.2) is 9.86 Å². The number of hydroxylamine groups is 2. The molecule has 3 unspecified atom stereocenters. The Bertz CT molecular complexity index is 1080. The van der Waals surface area contributed by atoms with Crippen LogP contribution in [0.1, 0.15) is 56.6 Å². The number of hydrogen-bond donors (Lipinski definition) is 1. The molecule has 1 N–H and O–H groups in total. The molecule has 4 rings (SSSR count). The molecule has 3 heterocycles. The molecule has 3 aliphatic heterocycles. The summed E-state index contributed by atoms with van der Waals surface area (Å²) in [4.78, 5) is 61.0. The molecule has 3 atom stereocenters. The van der Waals surface area contributed by atoms with Gasteiger partial charge in [-0.2, -0.15) is 0 Å². The van der Waals surface area contributed by atoms with E-state index in [2.05, 4.69) is 0 Å². The number of benzene rings is 1. The number of rotatable bonds is 12. The molecule has 11 nitrogen and oxygen atoms in total. The normalized spacial score (nSPS) is 23.2. The van der Waals surface area contributed by atoms with Gasteiger partial charge in [-0.3, -0.25) is 29.0 Å². The average Bonchev–Trinajstić information content (AvgIpc) is 3.53. The van der Waals surface area contributed by atoms with Crippen LogP contribution in [-0.2, 0) is 25.6 Å².